The van der Waals surface area contributed by atoms with Crippen LogP contribution in [0, 0.1) is 0 Å². The first kappa shape index (κ1) is 21.7. The summed E-state index contributed by atoms with van der Waals surface area (Å²) in [5, 5.41) is 13.7. The molecule has 28 heavy (non-hydrogen) atoms. The van der Waals surface area contributed by atoms with Gasteiger partial charge in [0.2, 0.25) is 5.82 Å². The van der Waals surface area contributed by atoms with E-state index in [0.717, 1.165) is 29.6 Å². The summed E-state index contributed by atoms with van der Waals surface area (Å²) in [4.78, 5) is 9.05. The smallest absolute Gasteiger partial charge is 0.216 e. The summed E-state index contributed by atoms with van der Waals surface area (Å²) in [6.07, 6.45) is 2.30. The largest absolute Gasteiger partial charge is 0.497 e. The summed E-state index contributed by atoms with van der Waals surface area (Å²) in [7, 11) is 1.66. The molecule has 1 aromatic carbocycles. The van der Waals surface area contributed by atoms with Gasteiger partial charge < -0.3 is 19.8 Å². The van der Waals surface area contributed by atoms with E-state index in [2.05, 4.69) is 30.8 Å². The summed E-state index contributed by atoms with van der Waals surface area (Å²) in [6.45, 7) is 4.07. The van der Waals surface area contributed by atoms with Gasteiger partial charge in [-0.2, -0.15) is 5.10 Å². The average Bonchev–Trinajstić information content (AvgIpc) is 3.38. The first-order valence-electron chi connectivity index (χ1n) is 8.88. The molecule has 2 heterocycles. The molecule has 0 fully saturated rings. The topological polar surface area (TPSA) is 100 Å². The molecule has 0 aliphatic heterocycles. The Bertz CT molecular complexity index is 863. The van der Waals surface area contributed by atoms with Crippen LogP contribution in [0.3, 0.4) is 0 Å². The Labute approximate surface area is 181 Å². The number of furan rings is 1. The minimum Gasteiger partial charge on any atom is -0.497 e. The van der Waals surface area contributed by atoms with Crippen molar-refractivity contribution >= 4 is 29.9 Å². The van der Waals surface area contributed by atoms with E-state index >= 15 is 0 Å². The van der Waals surface area contributed by atoms with E-state index in [-0.39, 0.29) is 24.0 Å². The summed E-state index contributed by atoms with van der Waals surface area (Å²) in [5.74, 6) is 3.59. The number of rotatable bonds is 8. The van der Waals surface area contributed by atoms with Crippen molar-refractivity contribution in [2.75, 3.05) is 20.2 Å². The van der Waals surface area contributed by atoms with Gasteiger partial charge in [0, 0.05) is 19.5 Å². The van der Waals surface area contributed by atoms with Crippen LogP contribution < -0.4 is 15.4 Å². The van der Waals surface area contributed by atoms with Crippen LogP contribution in [0.2, 0.25) is 0 Å². The SMILES string of the molecule is CCNC(=NCc1cccc(OC)c1)NCCc1nc(-c2ccco2)n[nH]1.I. The molecule has 9 heteroatoms. The number of benzene rings is 1. The van der Waals surface area contributed by atoms with Crippen molar-refractivity contribution in [3.05, 3.63) is 54.0 Å². The number of H-pyrrole nitrogens is 1. The molecular formula is C19H25IN6O2. The first-order chi connectivity index (χ1) is 13.3. The first-order valence-corrected chi connectivity index (χ1v) is 8.88. The fourth-order valence-corrected chi connectivity index (χ4v) is 2.51. The monoisotopic (exact) mass is 496 g/mol. The number of guanidine groups is 1. The number of aliphatic imine (C=N–C) groups is 1. The molecule has 0 unspecified atom stereocenters. The molecule has 0 aliphatic carbocycles. The quantitative estimate of drug-likeness (QED) is 0.252. The maximum absolute atomic E-state index is 5.30. The maximum atomic E-state index is 5.30. The number of aromatic nitrogens is 3. The van der Waals surface area contributed by atoms with Gasteiger partial charge in [-0.15, -0.1) is 24.0 Å². The molecule has 3 rings (SSSR count). The van der Waals surface area contributed by atoms with Gasteiger partial charge in [-0.1, -0.05) is 12.1 Å². The molecule has 0 atom stereocenters. The second-order valence-corrected chi connectivity index (χ2v) is 5.81. The Balaban J connectivity index is 0.00000280. The van der Waals surface area contributed by atoms with E-state index in [1.165, 1.54) is 0 Å². The highest BCUT2D eigenvalue weighted by atomic mass is 127. The number of hydrogen-bond donors (Lipinski definition) is 3. The van der Waals surface area contributed by atoms with E-state index in [0.29, 0.717) is 31.1 Å². The summed E-state index contributed by atoms with van der Waals surface area (Å²) in [6, 6.07) is 11.5. The van der Waals surface area contributed by atoms with Crippen LogP contribution in [0.1, 0.15) is 18.3 Å². The highest BCUT2D eigenvalue weighted by molar-refractivity contribution is 14.0. The van der Waals surface area contributed by atoms with E-state index in [4.69, 9.17) is 9.15 Å². The number of aromatic amines is 1. The summed E-state index contributed by atoms with van der Waals surface area (Å²) < 4.78 is 10.5. The molecule has 8 nitrogen and oxygen atoms in total. The van der Waals surface area contributed by atoms with Crippen molar-refractivity contribution < 1.29 is 9.15 Å². The van der Waals surface area contributed by atoms with Gasteiger partial charge in [0.25, 0.3) is 0 Å². The lowest BCUT2D eigenvalue weighted by Crippen LogP contribution is -2.38. The summed E-state index contributed by atoms with van der Waals surface area (Å²) >= 11 is 0. The third-order valence-corrected chi connectivity index (χ3v) is 3.83. The van der Waals surface area contributed by atoms with Crippen LogP contribution in [-0.2, 0) is 13.0 Å². The fourth-order valence-electron chi connectivity index (χ4n) is 2.51. The highest BCUT2D eigenvalue weighted by Crippen LogP contribution is 2.14. The van der Waals surface area contributed by atoms with E-state index < -0.39 is 0 Å². The lowest BCUT2D eigenvalue weighted by molar-refractivity contribution is 0.414. The minimum absolute atomic E-state index is 0. The van der Waals surface area contributed by atoms with Gasteiger partial charge in [0.05, 0.1) is 19.9 Å². The Morgan fingerprint density at radius 2 is 2.14 bits per heavy atom. The predicted molar refractivity (Wildman–Crippen MR) is 119 cm³/mol. The van der Waals surface area contributed by atoms with Gasteiger partial charge in [0.15, 0.2) is 11.7 Å². The van der Waals surface area contributed by atoms with Crippen molar-refractivity contribution in [1.82, 2.24) is 25.8 Å². The molecular weight excluding hydrogens is 471 g/mol. The zero-order chi connectivity index (χ0) is 18.9. The van der Waals surface area contributed by atoms with Crippen molar-refractivity contribution in [3.8, 4) is 17.3 Å². The molecule has 0 saturated carbocycles. The van der Waals surface area contributed by atoms with Crippen molar-refractivity contribution in [2.45, 2.75) is 19.9 Å². The fraction of sp³-hybridized carbons (Fsp3) is 0.316. The standard InChI is InChI=1S/C19H24N6O2.HI/c1-3-20-19(22-13-14-6-4-7-15(12-14)26-2)21-10-9-17-23-18(25-24-17)16-8-5-11-27-16;/h4-8,11-12H,3,9-10,13H2,1-2H3,(H2,20,21,22)(H,23,24,25);1H. The zero-order valence-corrected chi connectivity index (χ0v) is 18.3. The number of halogens is 1. The van der Waals surface area contributed by atoms with Crippen LogP contribution in [0.25, 0.3) is 11.6 Å². The van der Waals surface area contributed by atoms with Gasteiger partial charge in [-0.05, 0) is 36.8 Å². The normalized spacial score (nSPS) is 11.0. The van der Waals surface area contributed by atoms with Gasteiger partial charge in [-0.3, -0.25) is 5.10 Å². The second-order valence-electron chi connectivity index (χ2n) is 5.81. The van der Waals surface area contributed by atoms with Crippen molar-refractivity contribution in [2.24, 2.45) is 4.99 Å². The molecule has 0 bridgehead atoms. The van der Waals surface area contributed by atoms with Crippen molar-refractivity contribution in [3.63, 3.8) is 0 Å². The van der Waals surface area contributed by atoms with Crippen LogP contribution in [0.15, 0.2) is 52.1 Å². The molecule has 0 spiro atoms. The summed E-state index contributed by atoms with van der Waals surface area (Å²) in [5.41, 5.74) is 1.09. The lowest BCUT2D eigenvalue weighted by Gasteiger charge is -2.10. The van der Waals surface area contributed by atoms with Crippen molar-refractivity contribution in [1.29, 1.82) is 0 Å². The molecule has 0 radical (unpaired) electrons. The lowest BCUT2D eigenvalue weighted by atomic mass is 10.2. The zero-order valence-electron chi connectivity index (χ0n) is 15.9. The van der Waals surface area contributed by atoms with Gasteiger partial charge in [-0.25, -0.2) is 9.98 Å². The van der Waals surface area contributed by atoms with Crippen LogP contribution in [-0.4, -0.2) is 41.3 Å². The molecule has 150 valence electrons. The predicted octanol–water partition coefficient (Wildman–Crippen LogP) is 2.99. The van der Waals surface area contributed by atoms with E-state index in [1.54, 1.807) is 13.4 Å². The number of nitrogens with zero attached hydrogens (tertiary/aromatic N) is 3. The minimum atomic E-state index is 0. The molecule has 3 aromatic rings. The molecule has 3 N–H and O–H groups in total. The van der Waals surface area contributed by atoms with Crippen LogP contribution >= 0.6 is 24.0 Å². The van der Waals surface area contributed by atoms with Crippen LogP contribution in [0.5, 0.6) is 5.75 Å². The number of ether oxygens (including phenoxy) is 1. The number of hydrogen-bond acceptors (Lipinski definition) is 5. The van der Waals surface area contributed by atoms with Gasteiger partial charge >= 0.3 is 0 Å². The Kier molecular flexibility index (Phi) is 8.79. The maximum Gasteiger partial charge on any atom is 0.216 e. The molecule has 2 aromatic heterocycles. The third-order valence-electron chi connectivity index (χ3n) is 3.83. The highest BCUT2D eigenvalue weighted by Gasteiger charge is 2.08. The number of nitrogens with one attached hydrogen (secondary N) is 3. The second kappa shape index (κ2) is 11.3. The Hall–Kier alpha value is -2.56. The molecule has 0 aliphatic rings. The Morgan fingerprint density at radius 1 is 1.25 bits per heavy atom. The third kappa shape index (κ3) is 6.25. The van der Waals surface area contributed by atoms with Crippen LogP contribution in [0.4, 0.5) is 0 Å². The van der Waals surface area contributed by atoms with E-state index in [9.17, 15) is 0 Å². The average molecular weight is 496 g/mol. The Morgan fingerprint density at radius 3 is 2.89 bits per heavy atom. The molecule has 0 amide bonds. The molecule has 0 saturated heterocycles. The number of methoxy groups -OCH3 is 1. The van der Waals surface area contributed by atoms with E-state index in [1.807, 2.05) is 43.3 Å². The van der Waals surface area contributed by atoms with Gasteiger partial charge in [0.1, 0.15) is 11.6 Å².